The zero-order chi connectivity index (χ0) is 9.73. The average molecular weight is 184 g/mol. The Balaban J connectivity index is 1.94. The van der Waals surface area contributed by atoms with Crippen molar-refractivity contribution < 1.29 is 0 Å². The van der Waals surface area contributed by atoms with Crippen molar-refractivity contribution in [2.24, 2.45) is 5.92 Å². The number of rotatable bonds is 4. The van der Waals surface area contributed by atoms with E-state index in [9.17, 15) is 0 Å². The Bertz CT molecular complexity index is 132. The molecule has 2 heteroatoms. The molecule has 0 aromatic rings. The lowest BCUT2D eigenvalue weighted by molar-refractivity contribution is 0.402. The first-order chi connectivity index (χ1) is 6.08. The van der Waals surface area contributed by atoms with Crippen LogP contribution in [0, 0.1) is 5.92 Å². The fourth-order valence-electron chi connectivity index (χ4n) is 1.81. The fraction of sp³-hybridized carbons (Fsp3) is 1.00. The highest BCUT2D eigenvalue weighted by molar-refractivity contribution is 4.73. The fourth-order valence-corrected chi connectivity index (χ4v) is 1.81. The minimum Gasteiger partial charge on any atom is -0.316 e. The Labute approximate surface area is 82.5 Å². The summed E-state index contributed by atoms with van der Waals surface area (Å²) in [6.07, 6.45) is 4.09. The molecule has 0 aromatic heterocycles. The van der Waals surface area contributed by atoms with Gasteiger partial charge in [0.1, 0.15) is 0 Å². The van der Waals surface area contributed by atoms with Crippen LogP contribution in [-0.2, 0) is 0 Å². The van der Waals surface area contributed by atoms with E-state index < -0.39 is 0 Å². The molecule has 1 aliphatic rings. The Morgan fingerprint density at radius 3 is 2.69 bits per heavy atom. The van der Waals surface area contributed by atoms with Gasteiger partial charge in [-0.05, 0) is 65.6 Å². The second-order valence-electron chi connectivity index (χ2n) is 5.18. The van der Waals surface area contributed by atoms with Crippen LogP contribution in [-0.4, -0.2) is 25.2 Å². The summed E-state index contributed by atoms with van der Waals surface area (Å²) in [5, 5.41) is 6.93. The topological polar surface area (TPSA) is 24.1 Å². The van der Waals surface area contributed by atoms with Gasteiger partial charge in [-0.3, -0.25) is 0 Å². The highest BCUT2D eigenvalue weighted by Gasteiger charge is 2.14. The van der Waals surface area contributed by atoms with Gasteiger partial charge in [-0.15, -0.1) is 0 Å². The second kappa shape index (κ2) is 4.97. The molecule has 1 aliphatic heterocycles. The number of hydrogen-bond donors (Lipinski definition) is 2. The third-order valence-corrected chi connectivity index (χ3v) is 2.61. The third kappa shape index (κ3) is 5.27. The predicted octanol–water partition coefficient (Wildman–Crippen LogP) is 1.76. The van der Waals surface area contributed by atoms with Crippen LogP contribution < -0.4 is 10.6 Å². The molecule has 0 bridgehead atoms. The summed E-state index contributed by atoms with van der Waals surface area (Å²) in [7, 11) is 0. The van der Waals surface area contributed by atoms with E-state index >= 15 is 0 Å². The zero-order valence-corrected chi connectivity index (χ0v) is 9.32. The standard InChI is InChI=1S/C11H24N2/c1-11(2,3)13-7-4-5-10-6-8-12-9-10/h10,12-13H,4-9H2,1-3H3. The van der Waals surface area contributed by atoms with Gasteiger partial charge in [-0.1, -0.05) is 0 Å². The van der Waals surface area contributed by atoms with Crippen molar-refractivity contribution in [3.05, 3.63) is 0 Å². The first-order valence-electron chi connectivity index (χ1n) is 5.54. The van der Waals surface area contributed by atoms with Crippen LogP contribution in [0.5, 0.6) is 0 Å². The molecular formula is C11H24N2. The Morgan fingerprint density at radius 2 is 2.15 bits per heavy atom. The zero-order valence-electron chi connectivity index (χ0n) is 9.32. The van der Waals surface area contributed by atoms with E-state index in [1.165, 1.54) is 38.9 Å². The average Bonchev–Trinajstić information content (AvgIpc) is 2.48. The monoisotopic (exact) mass is 184 g/mol. The molecule has 2 N–H and O–H groups in total. The van der Waals surface area contributed by atoms with Gasteiger partial charge >= 0.3 is 0 Å². The third-order valence-electron chi connectivity index (χ3n) is 2.61. The van der Waals surface area contributed by atoms with Crippen LogP contribution in [0.2, 0.25) is 0 Å². The van der Waals surface area contributed by atoms with Gasteiger partial charge in [0.2, 0.25) is 0 Å². The Hall–Kier alpha value is -0.0800. The summed E-state index contributed by atoms with van der Waals surface area (Å²) in [6, 6.07) is 0. The molecule has 1 atom stereocenters. The van der Waals surface area contributed by atoms with Gasteiger partial charge in [0.05, 0.1) is 0 Å². The lowest BCUT2D eigenvalue weighted by Gasteiger charge is -2.20. The van der Waals surface area contributed by atoms with Gasteiger partial charge in [0.15, 0.2) is 0 Å². The molecule has 0 saturated carbocycles. The van der Waals surface area contributed by atoms with Gasteiger partial charge in [0, 0.05) is 5.54 Å². The summed E-state index contributed by atoms with van der Waals surface area (Å²) >= 11 is 0. The van der Waals surface area contributed by atoms with E-state index in [2.05, 4.69) is 31.4 Å². The number of hydrogen-bond acceptors (Lipinski definition) is 2. The van der Waals surface area contributed by atoms with Crippen LogP contribution in [0.25, 0.3) is 0 Å². The normalized spacial score (nSPS) is 23.8. The molecule has 0 amide bonds. The first kappa shape index (κ1) is 11.0. The van der Waals surface area contributed by atoms with E-state index in [4.69, 9.17) is 0 Å². The van der Waals surface area contributed by atoms with Gasteiger partial charge in [0.25, 0.3) is 0 Å². The van der Waals surface area contributed by atoms with E-state index in [0.717, 1.165) is 5.92 Å². The molecule has 1 heterocycles. The van der Waals surface area contributed by atoms with E-state index in [0.29, 0.717) is 0 Å². The molecule has 78 valence electrons. The SMILES string of the molecule is CC(C)(C)NCCCC1CCNC1. The van der Waals surface area contributed by atoms with Crippen molar-refractivity contribution in [2.75, 3.05) is 19.6 Å². The van der Waals surface area contributed by atoms with Crippen LogP contribution in [0.15, 0.2) is 0 Å². The summed E-state index contributed by atoms with van der Waals surface area (Å²) in [6.45, 7) is 10.3. The molecule has 0 radical (unpaired) electrons. The number of nitrogens with one attached hydrogen (secondary N) is 2. The van der Waals surface area contributed by atoms with Gasteiger partial charge < -0.3 is 10.6 Å². The predicted molar refractivity (Wildman–Crippen MR) is 58.0 cm³/mol. The van der Waals surface area contributed by atoms with Crippen LogP contribution in [0.1, 0.15) is 40.0 Å². The second-order valence-corrected chi connectivity index (χ2v) is 5.18. The first-order valence-corrected chi connectivity index (χ1v) is 5.54. The summed E-state index contributed by atoms with van der Waals surface area (Å²) in [4.78, 5) is 0. The Kier molecular flexibility index (Phi) is 4.20. The van der Waals surface area contributed by atoms with E-state index in [-0.39, 0.29) is 5.54 Å². The summed E-state index contributed by atoms with van der Waals surface area (Å²) in [5.41, 5.74) is 0.286. The Morgan fingerprint density at radius 1 is 1.38 bits per heavy atom. The minimum absolute atomic E-state index is 0.286. The van der Waals surface area contributed by atoms with E-state index in [1.807, 2.05) is 0 Å². The van der Waals surface area contributed by atoms with Crippen molar-refractivity contribution >= 4 is 0 Å². The molecule has 1 rings (SSSR count). The molecule has 0 aliphatic carbocycles. The molecule has 0 aromatic carbocycles. The molecule has 13 heavy (non-hydrogen) atoms. The van der Waals surface area contributed by atoms with Crippen molar-refractivity contribution in [1.29, 1.82) is 0 Å². The molecular weight excluding hydrogens is 160 g/mol. The lowest BCUT2D eigenvalue weighted by Crippen LogP contribution is -2.36. The maximum absolute atomic E-state index is 3.53. The van der Waals surface area contributed by atoms with Crippen molar-refractivity contribution in [2.45, 2.75) is 45.6 Å². The lowest BCUT2D eigenvalue weighted by atomic mass is 10.0. The van der Waals surface area contributed by atoms with Crippen molar-refractivity contribution in [3.8, 4) is 0 Å². The molecule has 1 unspecified atom stereocenters. The van der Waals surface area contributed by atoms with Crippen LogP contribution in [0.3, 0.4) is 0 Å². The maximum Gasteiger partial charge on any atom is 0.00965 e. The summed E-state index contributed by atoms with van der Waals surface area (Å²) in [5.74, 6) is 0.946. The highest BCUT2D eigenvalue weighted by Crippen LogP contribution is 2.13. The maximum atomic E-state index is 3.53. The van der Waals surface area contributed by atoms with E-state index in [1.54, 1.807) is 0 Å². The van der Waals surface area contributed by atoms with Crippen molar-refractivity contribution in [1.82, 2.24) is 10.6 Å². The molecule has 1 fully saturated rings. The smallest absolute Gasteiger partial charge is 0.00965 e. The van der Waals surface area contributed by atoms with Crippen molar-refractivity contribution in [3.63, 3.8) is 0 Å². The molecule has 1 saturated heterocycles. The van der Waals surface area contributed by atoms with Gasteiger partial charge in [-0.2, -0.15) is 0 Å². The summed E-state index contributed by atoms with van der Waals surface area (Å²) < 4.78 is 0. The largest absolute Gasteiger partial charge is 0.316 e. The molecule has 0 spiro atoms. The van der Waals surface area contributed by atoms with Gasteiger partial charge in [-0.25, -0.2) is 0 Å². The van der Waals surface area contributed by atoms with Crippen LogP contribution in [0.4, 0.5) is 0 Å². The minimum atomic E-state index is 0.286. The highest BCUT2D eigenvalue weighted by atomic mass is 14.9. The quantitative estimate of drug-likeness (QED) is 0.651. The molecule has 2 nitrogen and oxygen atoms in total. The van der Waals surface area contributed by atoms with Crippen LogP contribution >= 0.6 is 0 Å².